The van der Waals surface area contributed by atoms with Gasteiger partial charge < -0.3 is 14.2 Å². The molecule has 3 atom stereocenters. The largest absolute Gasteiger partial charge is 0.471 e. The fourth-order valence-corrected chi connectivity index (χ4v) is 5.19. The number of fused-ring (bicyclic) bond motifs is 4. The molecule has 2 aromatic rings. The van der Waals surface area contributed by atoms with E-state index in [1.807, 2.05) is 10.6 Å². The van der Waals surface area contributed by atoms with Gasteiger partial charge in [0.2, 0.25) is 17.6 Å². The van der Waals surface area contributed by atoms with Crippen molar-refractivity contribution in [1.29, 1.82) is 0 Å². The van der Waals surface area contributed by atoms with E-state index in [-0.39, 0.29) is 17.7 Å². The Hall–Kier alpha value is -3.76. The molecule has 17 heteroatoms. The Kier molecular flexibility index (Phi) is 5.70. The number of aromatic nitrogens is 2. The summed E-state index contributed by atoms with van der Waals surface area (Å²) in [5.41, 5.74) is -3.04. The lowest BCUT2D eigenvalue weighted by Crippen LogP contribution is -2.76. The molecule has 1 spiro atoms. The first-order valence-electron chi connectivity index (χ1n) is 11.1. The Balaban J connectivity index is 1.70. The summed E-state index contributed by atoms with van der Waals surface area (Å²) in [6.45, 7) is 0.528. The molecule has 10 nitrogen and oxygen atoms in total. The van der Waals surface area contributed by atoms with E-state index in [1.165, 1.54) is 6.92 Å². The predicted molar refractivity (Wildman–Crippen MR) is 109 cm³/mol. The molecule has 4 amide bonds. The monoisotopic (exact) mass is 551 g/mol. The molecule has 0 radical (unpaired) electrons. The second-order valence-corrected chi connectivity index (χ2v) is 8.98. The number of hydrogen-bond acceptors (Lipinski definition) is 8. The fraction of sp³-hybridized carbons (Fsp3) is 0.476. The van der Waals surface area contributed by atoms with Crippen molar-refractivity contribution >= 4 is 23.5 Å². The lowest BCUT2D eigenvalue weighted by atomic mass is 9.66. The average molecular weight is 551 g/mol. The van der Waals surface area contributed by atoms with Crippen molar-refractivity contribution in [3.05, 3.63) is 29.4 Å². The van der Waals surface area contributed by atoms with Crippen LogP contribution in [-0.2, 0) is 26.9 Å². The number of barbiturate groups is 1. The van der Waals surface area contributed by atoms with Gasteiger partial charge in [-0.25, -0.2) is 9.18 Å². The van der Waals surface area contributed by atoms with Crippen molar-refractivity contribution in [3.8, 4) is 11.4 Å². The van der Waals surface area contributed by atoms with Crippen LogP contribution in [0.15, 0.2) is 16.7 Å². The van der Waals surface area contributed by atoms with E-state index < -0.39 is 89.9 Å². The van der Waals surface area contributed by atoms with Gasteiger partial charge >= 0.3 is 24.3 Å². The Morgan fingerprint density at radius 3 is 2.32 bits per heavy atom. The van der Waals surface area contributed by atoms with Crippen LogP contribution >= 0.6 is 0 Å². The number of imide groups is 2. The number of amides is 4. The molecular weight excluding hydrogens is 535 g/mol. The number of nitrogens with zero attached hydrogens (tertiary/aromatic N) is 3. The van der Waals surface area contributed by atoms with Gasteiger partial charge in [0.15, 0.2) is 11.5 Å². The van der Waals surface area contributed by atoms with E-state index in [4.69, 9.17) is 4.74 Å². The number of halogens is 7. The van der Waals surface area contributed by atoms with Gasteiger partial charge in [-0.05, 0) is 30.5 Å². The van der Waals surface area contributed by atoms with Gasteiger partial charge in [-0.2, -0.15) is 31.3 Å². The van der Waals surface area contributed by atoms with E-state index in [0.717, 1.165) is 17.0 Å². The third-order valence-corrected chi connectivity index (χ3v) is 6.78. The molecule has 5 rings (SSSR count). The van der Waals surface area contributed by atoms with E-state index in [9.17, 15) is 40.7 Å². The highest BCUT2D eigenvalue weighted by Gasteiger charge is 2.65. The van der Waals surface area contributed by atoms with Gasteiger partial charge in [0.05, 0.1) is 24.3 Å². The molecule has 2 N–H and O–H groups in total. The zero-order valence-corrected chi connectivity index (χ0v) is 19.0. The van der Waals surface area contributed by atoms with E-state index in [2.05, 4.69) is 14.7 Å². The second kappa shape index (κ2) is 8.37. The summed E-state index contributed by atoms with van der Waals surface area (Å²) in [4.78, 5) is 42.3. The molecule has 3 aliphatic rings. The molecule has 4 heterocycles. The Morgan fingerprint density at radius 1 is 1.11 bits per heavy atom. The van der Waals surface area contributed by atoms with E-state index in [1.54, 1.807) is 0 Å². The molecule has 0 aliphatic carbocycles. The lowest BCUT2D eigenvalue weighted by Gasteiger charge is -2.56. The number of nitrogens with one attached hydrogen (secondary N) is 2. The molecule has 1 aromatic heterocycles. The Labute approximate surface area is 207 Å². The van der Waals surface area contributed by atoms with E-state index >= 15 is 4.39 Å². The maximum Gasteiger partial charge on any atom is 0.471 e. The molecule has 2 saturated heterocycles. The molecular formula is C21H16F7N5O5. The van der Waals surface area contributed by atoms with Crippen LogP contribution in [0, 0.1) is 11.2 Å². The first kappa shape index (κ1) is 25.9. The number of anilines is 1. The van der Waals surface area contributed by atoms with Crippen molar-refractivity contribution in [3.63, 3.8) is 0 Å². The minimum atomic E-state index is -5.03. The summed E-state index contributed by atoms with van der Waals surface area (Å²) in [6.07, 6.45) is -14.3. The lowest BCUT2D eigenvalue weighted by molar-refractivity contribution is -0.245. The Morgan fingerprint density at radius 2 is 1.76 bits per heavy atom. The van der Waals surface area contributed by atoms with Crippen molar-refractivity contribution in [1.82, 2.24) is 20.8 Å². The normalized spacial score (nSPS) is 25.1. The third kappa shape index (κ3) is 3.86. The van der Waals surface area contributed by atoms with Gasteiger partial charge in [-0.3, -0.25) is 20.2 Å². The fourth-order valence-electron chi connectivity index (χ4n) is 5.19. The minimum absolute atomic E-state index is 0.0756. The minimum Gasteiger partial charge on any atom is -0.361 e. The van der Waals surface area contributed by atoms with Crippen LogP contribution in [0.25, 0.3) is 11.4 Å². The highest BCUT2D eigenvalue weighted by atomic mass is 19.4. The smallest absolute Gasteiger partial charge is 0.361 e. The predicted octanol–water partition coefficient (Wildman–Crippen LogP) is 2.72. The van der Waals surface area contributed by atoms with Crippen molar-refractivity contribution in [2.75, 3.05) is 11.4 Å². The third-order valence-electron chi connectivity index (χ3n) is 6.78. The number of morpholine rings is 1. The Bertz CT molecular complexity index is 1320. The quantitative estimate of drug-likeness (QED) is 0.431. The second-order valence-electron chi connectivity index (χ2n) is 8.98. The molecule has 0 bridgehead atoms. The zero-order valence-electron chi connectivity index (χ0n) is 19.0. The molecule has 204 valence electrons. The topological polar surface area (TPSA) is 127 Å². The average Bonchev–Trinajstić information content (AvgIpc) is 3.31. The van der Waals surface area contributed by atoms with Crippen molar-refractivity contribution in [2.24, 2.45) is 5.41 Å². The molecule has 0 unspecified atom stereocenters. The van der Waals surface area contributed by atoms with Crippen LogP contribution in [-0.4, -0.2) is 59.0 Å². The van der Waals surface area contributed by atoms with Gasteiger partial charge in [0.25, 0.3) is 0 Å². The highest BCUT2D eigenvalue weighted by molar-refractivity contribution is 6.20. The zero-order chi connectivity index (χ0) is 27.8. The summed E-state index contributed by atoms with van der Waals surface area (Å²) in [5, 5.41) is 7.02. The van der Waals surface area contributed by atoms with Crippen molar-refractivity contribution in [2.45, 2.75) is 50.4 Å². The van der Waals surface area contributed by atoms with Gasteiger partial charge in [0.1, 0.15) is 5.82 Å². The summed E-state index contributed by atoms with van der Waals surface area (Å²) < 4.78 is 105. The summed E-state index contributed by atoms with van der Waals surface area (Å²) in [5.74, 6) is -6.02. The number of hydrogen-bond donors (Lipinski definition) is 2. The molecule has 2 fully saturated rings. The number of benzene rings is 1. The number of carbonyl (C=O) groups excluding carboxylic acids is 3. The van der Waals surface area contributed by atoms with Crippen LogP contribution in [0.2, 0.25) is 0 Å². The summed E-state index contributed by atoms with van der Waals surface area (Å²) in [6, 6.07) is -0.835. The SMILES string of the molecule is CC[C@@H]1O[C@H](C(F)(F)F)CN2c3cc(F)c(-c4noc(C(F)(F)F)n4)cc3CC3(C(=O)NC(=O)NC3=O)[C@@H]12. The van der Waals surface area contributed by atoms with Crippen molar-refractivity contribution < 1.29 is 54.4 Å². The van der Waals surface area contributed by atoms with Gasteiger partial charge in [0, 0.05) is 5.69 Å². The highest BCUT2D eigenvalue weighted by Crippen LogP contribution is 2.49. The first-order valence-corrected chi connectivity index (χ1v) is 11.1. The van der Waals surface area contributed by atoms with Gasteiger partial charge in [-0.15, -0.1) is 0 Å². The number of urea groups is 1. The standard InChI is InChI=1S/C21H16F7N5O5/c1-2-11-13-19(15(34)30-18(36)31-16(19)35)5-7-3-8(14-29-17(38-32-14)21(26,27)28)9(22)4-10(7)33(13)6-12(37-11)20(23,24)25/h3-4,11-13H,2,5-6H2,1H3,(H2,30,31,34,35,36)/t11-,12-,13+/m0/s1. The van der Waals surface area contributed by atoms with Crippen LogP contribution in [0.1, 0.15) is 24.8 Å². The summed E-state index contributed by atoms with van der Waals surface area (Å²) >= 11 is 0. The molecule has 3 aliphatic heterocycles. The number of ether oxygens (including phenoxy) is 1. The molecule has 1 aromatic carbocycles. The van der Waals surface area contributed by atoms with Crippen LogP contribution in [0.4, 0.5) is 41.2 Å². The van der Waals surface area contributed by atoms with Gasteiger partial charge in [-0.1, -0.05) is 12.1 Å². The first-order chi connectivity index (χ1) is 17.7. The molecule has 0 saturated carbocycles. The summed E-state index contributed by atoms with van der Waals surface area (Å²) in [7, 11) is 0. The number of rotatable bonds is 2. The number of carbonyl (C=O) groups is 3. The maximum absolute atomic E-state index is 15.2. The molecule has 38 heavy (non-hydrogen) atoms. The number of alkyl halides is 6. The maximum atomic E-state index is 15.2. The van der Waals surface area contributed by atoms with Crippen LogP contribution < -0.4 is 15.5 Å². The van der Waals surface area contributed by atoms with E-state index in [0.29, 0.717) is 0 Å². The van der Waals surface area contributed by atoms with Crippen LogP contribution in [0.5, 0.6) is 0 Å². The van der Waals surface area contributed by atoms with Crippen LogP contribution in [0.3, 0.4) is 0 Å².